The van der Waals surface area contributed by atoms with Crippen molar-refractivity contribution in [2.45, 2.75) is 12.8 Å². The first-order chi connectivity index (χ1) is 6.54. The highest BCUT2D eigenvalue weighted by molar-refractivity contribution is 5.99. The van der Waals surface area contributed by atoms with E-state index in [2.05, 4.69) is 0 Å². The summed E-state index contributed by atoms with van der Waals surface area (Å²) in [6, 6.07) is 0. The molecule has 0 amide bonds. The number of carbonyl (C=O) groups is 3. The molecule has 76 valence electrons. The van der Waals surface area contributed by atoms with Gasteiger partial charge in [-0.1, -0.05) is 0 Å². The summed E-state index contributed by atoms with van der Waals surface area (Å²) in [6.45, 7) is 0. The van der Waals surface area contributed by atoms with Crippen molar-refractivity contribution >= 4 is 17.7 Å². The molecule has 2 N–H and O–H groups in total. The van der Waals surface area contributed by atoms with Crippen molar-refractivity contribution in [3.8, 4) is 0 Å². The largest absolute Gasteiger partial charge is 0.481 e. The third-order valence-corrected chi connectivity index (χ3v) is 3.34. The van der Waals surface area contributed by atoms with Crippen molar-refractivity contribution in [2.24, 2.45) is 23.7 Å². The van der Waals surface area contributed by atoms with Crippen LogP contribution in [0, 0.1) is 23.7 Å². The van der Waals surface area contributed by atoms with Crippen LogP contribution in [0.2, 0.25) is 0 Å². The van der Waals surface area contributed by atoms with Crippen LogP contribution in [0.5, 0.6) is 0 Å². The normalized spacial score (nSPS) is 40.1. The van der Waals surface area contributed by atoms with Crippen LogP contribution in [0.1, 0.15) is 12.8 Å². The minimum atomic E-state index is -1.15. The third-order valence-electron chi connectivity index (χ3n) is 3.34. The number of aliphatic carboxylic acids is 2. The molecule has 2 aliphatic rings. The molecule has 2 rings (SSSR count). The van der Waals surface area contributed by atoms with Gasteiger partial charge in [0.05, 0.1) is 11.8 Å². The van der Waals surface area contributed by atoms with E-state index in [1.165, 1.54) is 0 Å². The molecule has 0 aliphatic heterocycles. The van der Waals surface area contributed by atoms with Crippen LogP contribution in [0.4, 0.5) is 0 Å². The first kappa shape index (κ1) is 9.18. The summed E-state index contributed by atoms with van der Waals surface area (Å²) >= 11 is 0. The standard InChI is InChI=1S/C9H10O5/c10-7-3-1-2-4(7)6(9(13)14)5(3)8(11)12/h3-6H,1-2H2,(H,11,12)(H,13,14). The quantitative estimate of drug-likeness (QED) is 0.651. The van der Waals surface area contributed by atoms with Gasteiger partial charge in [-0.3, -0.25) is 14.4 Å². The second kappa shape index (κ2) is 2.80. The lowest BCUT2D eigenvalue weighted by Crippen LogP contribution is -2.34. The summed E-state index contributed by atoms with van der Waals surface area (Å²) in [7, 11) is 0. The summed E-state index contributed by atoms with van der Waals surface area (Å²) in [5.74, 6) is -5.59. The van der Waals surface area contributed by atoms with Gasteiger partial charge < -0.3 is 10.2 Å². The molecule has 2 aliphatic carbocycles. The van der Waals surface area contributed by atoms with Crippen molar-refractivity contribution < 1.29 is 24.6 Å². The average Bonchev–Trinajstić information content (AvgIpc) is 2.58. The highest BCUT2D eigenvalue weighted by Crippen LogP contribution is 2.49. The van der Waals surface area contributed by atoms with Crippen LogP contribution in [0.3, 0.4) is 0 Å². The second-order valence-electron chi connectivity index (χ2n) is 3.92. The maximum absolute atomic E-state index is 11.5. The number of hydrogen-bond acceptors (Lipinski definition) is 3. The van der Waals surface area contributed by atoms with E-state index in [1.54, 1.807) is 0 Å². The van der Waals surface area contributed by atoms with E-state index in [-0.39, 0.29) is 5.78 Å². The molecule has 2 fully saturated rings. The van der Waals surface area contributed by atoms with E-state index in [9.17, 15) is 14.4 Å². The van der Waals surface area contributed by atoms with Gasteiger partial charge in [0.1, 0.15) is 5.78 Å². The molecule has 5 heteroatoms. The molecule has 0 aromatic carbocycles. The van der Waals surface area contributed by atoms with Gasteiger partial charge in [-0.15, -0.1) is 0 Å². The predicted octanol–water partition coefficient (Wildman–Crippen LogP) is -0.00310. The van der Waals surface area contributed by atoms with Crippen molar-refractivity contribution in [3.63, 3.8) is 0 Å². The highest BCUT2D eigenvalue weighted by atomic mass is 16.4. The topological polar surface area (TPSA) is 91.7 Å². The molecule has 4 atom stereocenters. The van der Waals surface area contributed by atoms with Crippen LogP contribution in [-0.4, -0.2) is 27.9 Å². The Labute approximate surface area is 79.7 Å². The molecule has 0 radical (unpaired) electrons. The minimum absolute atomic E-state index is 0.162. The Morgan fingerprint density at radius 2 is 1.36 bits per heavy atom. The lowest BCUT2D eigenvalue weighted by Gasteiger charge is -2.22. The van der Waals surface area contributed by atoms with Crippen molar-refractivity contribution in [1.82, 2.24) is 0 Å². The smallest absolute Gasteiger partial charge is 0.308 e. The molecule has 0 saturated heterocycles. The number of ketones is 1. The maximum atomic E-state index is 11.5. The minimum Gasteiger partial charge on any atom is -0.481 e. The summed E-state index contributed by atoms with van der Waals surface area (Å²) in [5, 5.41) is 17.7. The summed E-state index contributed by atoms with van der Waals surface area (Å²) < 4.78 is 0. The second-order valence-corrected chi connectivity index (χ2v) is 3.92. The molecular formula is C9H10O5. The monoisotopic (exact) mass is 198 g/mol. The molecule has 4 unspecified atom stereocenters. The lowest BCUT2D eigenvalue weighted by molar-refractivity contribution is -0.156. The third kappa shape index (κ3) is 0.981. The molecule has 2 saturated carbocycles. The Hall–Kier alpha value is -1.39. The lowest BCUT2D eigenvalue weighted by atomic mass is 9.79. The first-order valence-corrected chi connectivity index (χ1v) is 4.53. The fourth-order valence-corrected chi connectivity index (χ4v) is 2.78. The molecule has 2 bridgehead atoms. The molecule has 0 spiro atoms. The number of carbonyl (C=O) groups excluding carboxylic acids is 1. The van der Waals surface area contributed by atoms with Gasteiger partial charge in [-0.05, 0) is 12.8 Å². The van der Waals surface area contributed by atoms with Gasteiger partial charge >= 0.3 is 11.9 Å². The molecular weight excluding hydrogens is 188 g/mol. The number of hydrogen-bond donors (Lipinski definition) is 2. The van der Waals surface area contributed by atoms with Gasteiger partial charge in [0.25, 0.3) is 0 Å². The van der Waals surface area contributed by atoms with Crippen molar-refractivity contribution in [2.75, 3.05) is 0 Å². The fourth-order valence-electron chi connectivity index (χ4n) is 2.78. The Morgan fingerprint density at radius 1 is 1.00 bits per heavy atom. The van der Waals surface area contributed by atoms with E-state index in [4.69, 9.17) is 10.2 Å². The van der Waals surface area contributed by atoms with Crippen LogP contribution in [0.25, 0.3) is 0 Å². The number of carboxylic acids is 2. The fraction of sp³-hybridized carbons (Fsp3) is 0.667. The zero-order chi connectivity index (χ0) is 10.5. The van der Waals surface area contributed by atoms with Gasteiger partial charge in [0.15, 0.2) is 0 Å². The van der Waals surface area contributed by atoms with Crippen LogP contribution < -0.4 is 0 Å². The van der Waals surface area contributed by atoms with E-state index >= 15 is 0 Å². The molecule has 0 aromatic rings. The Bertz CT molecular complexity index is 291. The number of Topliss-reactive ketones (excluding diaryl/α,β-unsaturated/α-hetero) is 1. The van der Waals surface area contributed by atoms with Gasteiger partial charge in [-0.25, -0.2) is 0 Å². The Morgan fingerprint density at radius 3 is 1.64 bits per heavy atom. The zero-order valence-corrected chi connectivity index (χ0v) is 7.34. The van der Waals surface area contributed by atoms with Crippen molar-refractivity contribution in [3.05, 3.63) is 0 Å². The summed E-state index contributed by atoms with van der Waals surface area (Å²) in [4.78, 5) is 33.1. The first-order valence-electron chi connectivity index (χ1n) is 4.53. The molecule has 0 aromatic heterocycles. The predicted molar refractivity (Wildman–Crippen MR) is 43.5 cm³/mol. The number of fused-ring (bicyclic) bond motifs is 2. The summed E-state index contributed by atoms with van der Waals surface area (Å²) in [5.41, 5.74) is 0. The van der Waals surface area contributed by atoms with Gasteiger partial charge in [0, 0.05) is 11.8 Å². The number of carboxylic acid groups (broad SMARTS) is 2. The maximum Gasteiger partial charge on any atom is 0.308 e. The molecule has 0 heterocycles. The van der Waals surface area contributed by atoms with Crippen LogP contribution in [-0.2, 0) is 14.4 Å². The molecule has 14 heavy (non-hydrogen) atoms. The van der Waals surface area contributed by atoms with Crippen LogP contribution in [0.15, 0.2) is 0 Å². The van der Waals surface area contributed by atoms with Gasteiger partial charge in [-0.2, -0.15) is 0 Å². The van der Waals surface area contributed by atoms with Crippen LogP contribution >= 0.6 is 0 Å². The summed E-state index contributed by atoms with van der Waals surface area (Å²) in [6.07, 6.45) is 1.06. The van der Waals surface area contributed by atoms with E-state index in [1.807, 2.05) is 0 Å². The van der Waals surface area contributed by atoms with E-state index in [0.29, 0.717) is 12.8 Å². The molecule has 5 nitrogen and oxygen atoms in total. The van der Waals surface area contributed by atoms with Gasteiger partial charge in [0.2, 0.25) is 0 Å². The SMILES string of the molecule is O=C1C2CCC1C(C(=O)O)C2C(=O)O. The highest BCUT2D eigenvalue weighted by Gasteiger charge is 2.59. The zero-order valence-electron chi connectivity index (χ0n) is 7.34. The Kier molecular flexibility index (Phi) is 1.83. The van der Waals surface area contributed by atoms with E-state index in [0.717, 1.165) is 0 Å². The van der Waals surface area contributed by atoms with E-state index < -0.39 is 35.6 Å². The average molecular weight is 198 g/mol. The van der Waals surface area contributed by atoms with Crippen molar-refractivity contribution in [1.29, 1.82) is 0 Å². The number of rotatable bonds is 2. The Balaban J connectivity index is 2.36.